The highest BCUT2D eigenvalue weighted by molar-refractivity contribution is 6.40. The zero-order valence-electron chi connectivity index (χ0n) is 17.5. The van der Waals surface area contributed by atoms with E-state index in [2.05, 4.69) is 4.74 Å². The minimum atomic E-state index is -4.74. The maximum absolute atomic E-state index is 12.4. The quantitative estimate of drug-likeness (QED) is 0.286. The summed E-state index contributed by atoms with van der Waals surface area (Å²) in [6, 6.07) is 5.81. The third-order valence-corrected chi connectivity index (χ3v) is 5.56. The summed E-state index contributed by atoms with van der Waals surface area (Å²) >= 11 is 0. The second kappa shape index (κ2) is 13.5. The van der Waals surface area contributed by atoms with Crippen LogP contribution >= 0.6 is 24.8 Å². The molecule has 7 nitrogen and oxygen atoms in total. The Labute approximate surface area is 198 Å². The Morgan fingerprint density at radius 3 is 2.34 bits per heavy atom. The second-order valence-corrected chi connectivity index (χ2v) is 7.82. The molecule has 1 atom stereocenters. The summed E-state index contributed by atoms with van der Waals surface area (Å²) in [6.07, 6.45) is -2.25. The van der Waals surface area contributed by atoms with Crippen molar-refractivity contribution in [1.82, 2.24) is 4.90 Å². The van der Waals surface area contributed by atoms with Gasteiger partial charge in [-0.2, -0.15) is 0 Å². The summed E-state index contributed by atoms with van der Waals surface area (Å²) in [5.74, 6) is -1.57. The van der Waals surface area contributed by atoms with Crippen LogP contribution in [0.2, 0.25) is 6.32 Å². The topological polar surface area (TPSA) is 116 Å². The van der Waals surface area contributed by atoms with Gasteiger partial charge in [0.05, 0.1) is 0 Å². The number of halogens is 5. The van der Waals surface area contributed by atoms with Gasteiger partial charge < -0.3 is 25.6 Å². The van der Waals surface area contributed by atoms with Crippen LogP contribution in [-0.2, 0) is 11.3 Å². The number of hydrogen-bond acceptors (Lipinski definition) is 6. The third-order valence-electron chi connectivity index (χ3n) is 5.56. The van der Waals surface area contributed by atoms with E-state index in [4.69, 9.17) is 15.8 Å². The van der Waals surface area contributed by atoms with E-state index in [-0.39, 0.29) is 49.2 Å². The molecule has 0 amide bonds. The second-order valence-electron chi connectivity index (χ2n) is 7.82. The van der Waals surface area contributed by atoms with E-state index < -0.39 is 25.0 Å². The predicted molar refractivity (Wildman–Crippen MR) is 119 cm³/mol. The maximum atomic E-state index is 12.4. The van der Waals surface area contributed by atoms with Gasteiger partial charge in [-0.05, 0) is 62.3 Å². The van der Waals surface area contributed by atoms with Crippen molar-refractivity contribution < 1.29 is 37.9 Å². The van der Waals surface area contributed by atoms with Gasteiger partial charge in [-0.3, -0.25) is 9.69 Å². The van der Waals surface area contributed by atoms with Crippen LogP contribution in [0, 0.1) is 5.92 Å². The smallest absolute Gasteiger partial charge is 0.480 e. The summed E-state index contributed by atoms with van der Waals surface area (Å²) in [5.41, 5.74) is 5.54. The summed E-state index contributed by atoms with van der Waals surface area (Å²) in [6.45, 7) is 1.59. The number of rotatable bonds is 10. The molecule has 1 aromatic carbocycles. The van der Waals surface area contributed by atoms with E-state index in [9.17, 15) is 23.1 Å². The summed E-state index contributed by atoms with van der Waals surface area (Å²) in [4.78, 5) is 13.9. The van der Waals surface area contributed by atoms with Crippen molar-refractivity contribution in [2.45, 2.75) is 56.9 Å². The summed E-state index contributed by atoms with van der Waals surface area (Å²) < 4.78 is 41.1. The third kappa shape index (κ3) is 9.72. The number of piperidine rings is 1. The van der Waals surface area contributed by atoms with Gasteiger partial charge in [-0.15, -0.1) is 38.0 Å². The van der Waals surface area contributed by atoms with Gasteiger partial charge in [-0.1, -0.05) is 25.0 Å². The number of carbonyl (C=O) groups is 1. The van der Waals surface area contributed by atoms with Crippen LogP contribution in [0.4, 0.5) is 13.2 Å². The van der Waals surface area contributed by atoms with Crippen LogP contribution in [-0.4, -0.2) is 58.1 Å². The number of unbranched alkanes of at least 4 members (excludes halogenated alkanes) is 1. The van der Waals surface area contributed by atoms with Crippen molar-refractivity contribution >= 4 is 37.9 Å². The molecule has 0 aromatic heterocycles. The van der Waals surface area contributed by atoms with Crippen LogP contribution in [0.3, 0.4) is 0 Å². The number of nitrogens with two attached hydrogens (primary N) is 1. The monoisotopic (exact) mass is 504 g/mol. The predicted octanol–water partition coefficient (Wildman–Crippen LogP) is 3.07. The van der Waals surface area contributed by atoms with Crippen LogP contribution in [0.5, 0.6) is 5.75 Å². The average Bonchev–Trinajstić information content (AvgIpc) is 2.64. The Hall–Kier alpha value is -1.24. The molecule has 1 aromatic rings. The van der Waals surface area contributed by atoms with E-state index in [1.54, 1.807) is 6.07 Å². The van der Waals surface area contributed by atoms with Crippen molar-refractivity contribution in [1.29, 1.82) is 0 Å². The van der Waals surface area contributed by atoms with Gasteiger partial charge in [0.15, 0.2) is 0 Å². The Morgan fingerprint density at radius 1 is 1.19 bits per heavy atom. The van der Waals surface area contributed by atoms with E-state index in [0.717, 1.165) is 0 Å². The number of likely N-dealkylation sites (tertiary alicyclic amines) is 1. The molecule has 32 heavy (non-hydrogen) atoms. The first-order valence-electron chi connectivity index (χ1n) is 9.95. The first-order valence-corrected chi connectivity index (χ1v) is 9.95. The molecule has 1 unspecified atom stereocenters. The number of aliphatic carboxylic acids is 1. The highest BCUT2D eigenvalue weighted by atomic mass is 35.5. The molecule has 0 radical (unpaired) electrons. The molecule has 184 valence electrons. The molecule has 1 aliphatic rings. The Kier molecular flexibility index (Phi) is 12.9. The number of nitrogens with zero attached hydrogens (tertiary/aromatic N) is 1. The first-order chi connectivity index (χ1) is 14.0. The van der Waals surface area contributed by atoms with Gasteiger partial charge in [0, 0.05) is 6.54 Å². The van der Waals surface area contributed by atoms with Crippen LogP contribution in [0.1, 0.15) is 37.7 Å². The highest BCUT2D eigenvalue weighted by Crippen LogP contribution is 2.32. The molecule has 0 saturated carbocycles. The van der Waals surface area contributed by atoms with Gasteiger partial charge >= 0.3 is 19.5 Å². The number of benzene rings is 1. The first kappa shape index (κ1) is 30.8. The lowest BCUT2D eigenvalue weighted by molar-refractivity contribution is -0.274. The molecule has 1 fully saturated rings. The molecular weight excluding hydrogens is 475 g/mol. The Bertz CT molecular complexity index is 710. The number of hydrogen-bond donors (Lipinski definition) is 4. The fraction of sp³-hybridized carbons (Fsp3) is 0.632. The number of alkyl halides is 3. The van der Waals surface area contributed by atoms with Gasteiger partial charge in [-0.25, -0.2) is 0 Å². The maximum Gasteiger partial charge on any atom is 0.573 e. The lowest BCUT2D eigenvalue weighted by Crippen LogP contribution is -2.56. The Morgan fingerprint density at radius 2 is 1.81 bits per heavy atom. The zero-order valence-corrected chi connectivity index (χ0v) is 19.1. The minimum Gasteiger partial charge on any atom is -0.480 e. The van der Waals surface area contributed by atoms with Crippen molar-refractivity contribution in [3.05, 3.63) is 29.8 Å². The van der Waals surface area contributed by atoms with Gasteiger partial charge in [0.1, 0.15) is 11.3 Å². The van der Waals surface area contributed by atoms with E-state index in [1.165, 1.54) is 18.2 Å². The van der Waals surface area contributed by atoms with Crippen LogP contribution in [0.25, 0.3) is 0 Å². The fourth-order valence-electron chi connectivity index (χ4n) is 3.94. The molecule has 0 aliphatic carbocycles. The number of carboxylic acids is 1. The molecular formula is C19H30BCl2F3N2O5. The van der Waals surface area contributed by atoms with Crippen LogP contribution < -0.4 is 10.5 Å². The average molecular weight is 505 g/mol. The molecule has 13 heteroatoms. The van der Waals surface area contributed by atoms with Crippen molar-refractivity contribution in [3.63, 3.8) is 0 Å². The molecule has 1 heterocycles. The number of carboxylic acid groups (broad SMARTS) is 1. The van der Waals surface area contributed by atoms with E-state index >= 15 is 0 Å². The standard InChI is InChI=1S/C19H28BF3N2O5.2ClH/c21-19(22,23)30-16-5-3-4-14(12-16)13-25-10-6-15(7-11-25)18(24,17(26)27)8-1-2-9-20(28)29;;/h3-5,12,15,28-29H,1-2,6-11,13,24H2,(H,26,27);2*1H. The molecule has 1 aliphatic heterocycles. The van der Waals surface area contributed by atoms with Crippen molar-refractivity contribution in [2.75, 3.05) is 13.1 Å². The SMILES string of the molecule is Cl.Cl.NC(CCCCB(O)O)(C(=O)O)C1CCN(Cc2cccc(OC(F)(F)F)c2)CC1. The van der Waals surface area contributed by atoms with Crippen LogP contribution in [0.15, 0.2) is 24.3 Å². The molecule has 0 bridgehead atoms. The lowest BCUT2D eigenvalue weighted by Gasteiger charge is -2.40. The Balaban J connectivity index is 0.00000480. The molecule has 1 saturated heterocycles. The lowest BCUT2D eigenvalue weighted by atomic mass is 9.74. The van der Waals surface area contributed by atoms with Gasteiger partial charge in [0.2, 0.25) is 0 Å². The summed E-state index contributed by atoms with van der Waals surface area (Å²) in [7, 11) is -1.41. The largest absolute Gasteiger partial charge is 0.573 e. The molecule has 2 rings (SSSR count). The van der Waals surface area contributed by atoms with Gasteiger partial charge in [0.25, 0.3) is 0 Å². The fourth-order valence-corrected chi connectivity index (χ4v) is 3.94. The summed E-state index contributed by atoms with van der Waals surface area (Å²) in [5, 5.41) is 27.5. The molecule has 0 spiro atoms. The highest BCUT2D eigenvalue weighted by Gasteiger charge is 2.43. The number of ether oxygens (including phenoxy) is 1. The zero-order chi connectivity index (χ0) is 22.4. The minimum absolute atomic E-state index is 0. The normalized spacial score (nSPS) is 16.9. The van der Waals surface area contributed by atoms with E-state index in [0.29, 0.717) is 50.9 Å². The van der Waals surface area contributed by atoms with E-state index in [1.807, 2.05) is 4.90 Å². The van der Waals surface area contributed by atoms with Crippen molar-refractivity contribution in [3.8, 4) is 5.75 Å². The van der Waals surface area contributed by atoms with Crippen molar-refractivity contribution in [2.24, 2.45) is 11.7 Å². The molecule has 5 N–H and O–H groups in total.